The monoisotopic (exact) mass is 624 g/mol. The first kappa shape index (κ1) is 29.7. The zero-order chi connectivity index (χ0) is 29.1. The molecule has 0 radical (unpaired) electrons. The molecule has 0 saturated heterocycles. The van der Waals surface area contributed by atoms with Crippen molar-refractivity contribution in [3.63, 3.8) is 0 Å². The second-order valence-electron chi connectivity index (χ2n) is 11.3. The Labute approximate surface area is 260 Å². The van der Waals surface area contributed by atoms with Crippen LogP contribution in [0.4, 0.5) is 10.7 Å². The van der Waals surface area contributed by atoms with Crippen LogP contribution in [0.25, 0.3) is 0 Å². The molecular weight excluding hydrogens is 595 g/mol. The van der Waals surface area contributed by atoms with Crippen molar-refractivity contribution >= 4 is 68.9 Å². The van der Waals surface area contributed by atoms with Gasteiger partial charge in [0, 0.05) is 43.0 Å². The molecule has 0 saturated carbocycles. The fourth-order valence-corrected chi connectivity index (χ4v) is 6.78. The molecule has 1 N–H and O–H groups in total. The van der Waals surface area contributed by atoms with Crippen LogP contribution in [0.15, 0.2) is 71.7 Å². The van der Waals surface area contributed by atoms with Gasteiger partial charge in [0.2, 0.25) is 0 Å². The molecule has 0 unspecified atom stereocenters. The SMILES string of the molecule is CC(C)(C)[C@H]1CCc2c(sc(N=Cc3cc(Cl)ccc3OCc3ccccc3Cl)c2C(=O)Nc2ccc(Cl)cc2)C1. The van der Waals surface area contributed by atoms with Crippen LogP contribution < -0.4 is 10.1 Å². The lowest BCUT2D eigenvalue weighted by molar-refractivity contribution is 0.102. The summed E-state index contributed by atoms with van der Waals surface area (Å²) >= 11 is 20.3. The first-order valence-electron chi connectivity index (χ1n) is 13.5. The van der Waals surface area contributed by atoms with Crippen molar-refractivity contribution in [2.24, 2.45) is 16.3 Å². The van der Waals surface area contributed by atoms with Gasteiger partial charge in [0.1, 0.15) is 17.4 Å². The Morgan fingerprint density at radius 2 is 1.78 bits per heavy atom. The van der Waals surface area contributed by atoms with E-state index in [4.69, 9.17) is 44.5 Å². The number of hydrogen-bond acceptors (Lipinski definition) is 4. The van der Waals surface area contributed by atoms with Crippen LogP contribution in [0.2, 0.25) is 15.1 Å². The lowest BCUT2D eigenvalue weighted by atomic mass is 9.72. The van der Waals surface area contributed by atoms with Crippen molar-refractivity contribution in [1.82, 2.24) is 0 Å². The van der Waals surface area contributed by atoms with E-state index in [2.05, 4.69) is 26.1 Å². The van der Waals surface area contributed by atoms with E-state index < -0.39 is 0 Å². The zero-order valence-corrected chi connectivity index (χ0v) is 26.2. The van der Waals surface area contributed by atoms with E-state index in [9.17, 15) is 4.79 Å². The number of halogens is 3. The van der Waals surface area contributed by atoms with Gasteiger partial charge in [-0.25, -0.2) is 4.99 Å². The van der Waals surface area contributed by atoms with E-state index in [1.165, 1.54) is 4.88 Å². The predicted molar refractivity (Wildman–Crippen MR) is 173 cm³/mol. The van der Waals surface area contributed by atoms with Gasteiger partial charge in [0.15, 0.2) is 0 Å². The molecule has 4 aromatic rings. The molecule has 0 fully saturated rings. The van der Waals surface area contributed by atoms with Gasteiger partial charge in [-0.3, -0.25) is 4.79 Å². The van der Waals surface area contributed by atoms with E-state index in [1.54, 1.807) is 47.9 Å². The van der Waals surface area contributed by atoms with E-state index in [0.717, 1.165) is 30.4 Å². The minimum atomic E-state index is -0.174. The fraction of sp³-hybridized carbons (Fsp3) is 0.273. The molecular formula is C33H31Cl3N2O2S. The number of anilines is 1. The van der Waals surface area contributed by atoms with Gasteiger partial charge in [-0.05, 0) is 84.7 Å². The van der Waals surface area contributed by atoms with Crippen LogP contribution >= 0.6 is 46.1 Å². The first-order chi connectivity index (χ1) is 19.6. The standard InChI is InChI=1S/C33H31Cl3N2O2S/c1-33(2,3)22-8-14-26-29(17-22)41-32(30(26)31(39)38-25-12-9-23(34)10-13-25)37-18-21-16-24(35)11-15-28(21)40-19-20-6-4-5-7-27(20)36/h4-7,9-13,15-16,18,22H,8,14,17,19H2,1-3H3,(H,38,39)/t22-/m0/s1. The minimum absolute atomic E-state index is 0.174. The summed E-state index contributed by atoms with van der Waals surface area (Å²) in [4.78, 5) is 19.8. The predicted octanol–water partition coefficient (Wildman–Crippen LogP) is 10.4. The Hall–Kier alpha value is -2.83. The van der Waals surface area contributed by atoms with Crippen molar-refractivity contribution in [3.8, 4) is 5.75 Å². The number of amides is 1. The van der Waals surface area contributed by atoms with E-state index >= 15 is 0 Å². The van der Waals surface area contributed by atoms with Crippen LogP contribution in [0.1, 0.15) is 59.1 Å². The highest BCUT2D eigenvalue weighted by Gasteiger charge is 2.33. The highest BCUT2D eigenvalue weighted by molar-refractivity contribution is 7.16. The van der Waals surface area contributed by atoms with Crippen molar-refractivity contribution in [2.75, 3.05) is 5.32 Å². The summed E-state index contributed by atoms with van der Waals surface area (Å²) in [5, 5.41) is 5.54. The second kappa shape index (κ2) is 12.6. The molecule has 1 heterocycles. The fourth-order valence-electron chi connectivity index (χ4n) is 5.01. The Balaban J connectivity index is 1.48. The molecule has 0 bridgehead atoms. The van der Waals surface area contributed by atoms with Crippen molar-refractivity contribution < 1.29 is 9.53 Å². The summed E-state index contributed by atoms with van der Waals surface area (Å²) in [6, 6.07) is 20.1. The van der Waals surface area contributed by atoms with Gasteiger partial charge < -0.3 is 10.1 Å². The first-order valence-corrected chi connectivity index (χ1v) is 15.4. The summed E-state index contributed by atoms with van der Waals surface area (Å²) in [6.45, 7) is 7.16. The summed E-state index contributed by atoms with van der Waals surface area (Å²) in [5.74, 6) is 0.988. The van der Waals surface area contributed by atoms with Gasteiger partial charge in [-0.15, -0.1) is 11.3 Å². The Bertz CT molecular complexity index is 1590. The lowest BCUT2D eigenvalue weighted by Gasteiger charge is -2.33. The van der Waals surface area contributed by atoms with Crippen LogP contribution in [0.5, 0.6) is 5.75 Å². The Morgan fingerprint density at radius 3 is 2.51 bits per heavy atom. The molecule has 1 amide bonds. The highest BCUT2D eigenvalue weighted by atomic mass is 35.5. The van der Waals surface area contributed by atoms with E-state index in [-0.39, 0.29) is 11.3 Å². The molecule has 0 aliphatic heterocycles. The number of carbonyl (C=O) groups excluding carboxylic acids is 1. The summed E-state index contributed by atoms with van der Waals surface area (Å²) in [6.07, 6.45) is 4.54. The Kier molecular flexibility index (Phi) is 9.10. The van der Waals surface area contributed by atoms with Crippen LogP contribution in [-0.4, -0.2) is 12.1 Å². The average Bonchev–Trinajstić information content (AvgIpc) is 3.31. The van der Waals surface area contributed by atoms with Gasteiger partial charge in [-0.1, -0.05) is 73.8 Å². The zero-order valence-electron chi connectivity index (χ0n) is 23.1. The van der Waals surface area contributed by atoms with E-state index in [1.807, 2.05) is 36.4 Å². The molecule has 8 heteroatoms. The van der Waals surface area contributed by atoms with E-state index in [0.29, 0.717) is 55.2 Å². The maximum absolute atomic E-state index is 13.7. The molecule has 3 aromatic carbocycles. The van der Waals surface area contributed by atoms with Crippen molar-refractivity contribution in [1.29, 1.82) is 0 Å². The third kappa shape index (κ3) is 7.15. The Morgan fingerprint density at radius 1 is 1.05 bits per heavy atom. The smallest absolute Gasteiger partial charge is 0.259 e. The molecule has 5 rings (SSSR count). The molecule has 4 nitrogen and oxygen atoms in total. The third-order valence-electron chi connectivity index (χ3n) is 7.43. The molecule has 41 heavy (non-hydrogen) atoms. The number of aliphatic imine (C=N–C) groups is 1. The average molecular weight is 626 g/mol. The number of ether oxygens (including phenoxy) is 1. The molecule has 212 valence electrons. The minimum Gasteiger partial charge on any atom is -0.488 e. The van der Waals surface area contributed by atoms with Crippen molar-refractivity contribution in [2.45, 2.75) is 46.6 Å². The number of hydrogen-bond donors (Lipinski definition) is 1. The topological polar surface area (TPSA) is 50.7 Å². The number of carbonyl (C=O) groups is 1. The summed E-state index contributed by atoms with van der Waals surface area (Å²) < 4.78 is 6.13. The number of benzene rings is 3. The molecule has 1 atom stereocenters. The van der Waals surface area contributed by atoms with Crippen molar-refractivity contribution in [3.05, 3.63) is 109 Å². The quantitative estimate of drug-likeness (QED) is 0.208. The van der Waals surface area contributed by atoms with Gasteiger partial charge in [-0.2, -0.15) is 0 Å². The number of nitrogens with zero attached hydrogens (tertiary/aromatic N) is 1. The summed E-state index contributed by atoms with van der Waals surface area (Å²) in [7, 11) is 0. The molecule has 1 aliphatic carbocycles. The van der Waals surface area contributed by atoms with Crippen LogP contribution in [0.3, 0.4) is 0 Å². The second-order valence-corrected chi connectivity index (χ2v) is 13.6. The highest BCUT2D eigenvalue weighted by Crippen LogP contribution is 2.45. The number of nitrogens with one attached hydrogen (secondary N) is 1. The van der Waals surface area contributed by atoms with Crippen LogP contribution in [0, 0.1) is 11.3 Å². The number of thiophene rings is 1. The number of rotatable bonds is 7. The molecule has 0 spiro atoms. The van der Waals surface area contributed by atoms with Crippen LogP contribution in [-0.2, 0) is 19.4 Å². The maximum atomic E-state index is 13.7. The van der Waals surface area contributed by atoms with Gasteiger partial charge in [0.25, 0.3) is 5.91 Å². The molecule has 1 aromatic heterocycles. The lowest BCUT2D eigenvalue weighted by Crippen LogP contribution is -2.27. The normalized spacial score (nSPS) is 15.1. The third-order valence-corrected chi connectivity index (χ3v) is 9.45. The van der Waals surface area contributed by atoms with Gasteiger partial charge >= 0.3 is 0 Å². The number of fused-ring (bicyclic) bond motifs is 1. The molecule has 1 aliphatic rings. The largest absolute Gasteiger partial charge is 0.488 e. The van der Waals surface area contributed by atoms with Gasteiger partial charge in [0.05, 0.1) is 5.56 Å². The maximum Gasteiger partial charge on any atom is 0.259 e. The summed E-state index contributed by atoms with van der Waals surface area (Å²) in [5.41, 5.74) is 4.19.